The molecule has 25 heavy (non-hydrogen) atoms. The lowest BCUT2D eigenvalue weighted by atomic mass is 10.2. The van der Waals surface area contributed by atoms with Crippen molar-refractivity contribution in [1.82, 2.24) is 19.4 Å². The van der Waals surface area contributed by atoms with Crippen molar-refractivity contribution >= 4 is 5.95 Å². The van der Waals surface area contributed by atoms with E-state index in [4.69, 9.17) is 0 Å². The third-order valence-corrected chi connectivity index (χ3v) is 4.54. The largest absolute Gasteiger partial charge is 0.339 e. The van der Waals surface area contributed by atoms with Crippen molar-refractivity contribution in [2.75, 3.05) is 31.1 Å². The number of rotatable bonds is 4. The molecular formula is C19H20FN5. The Bertz CT molecular complexity index is 825. The van der Waals surface area contributed by atoms with E-state index in [0.717, 1.165) is 38.7 Å². The third-order valence-electron chi connectivity index (χ3n) is 4.54. The van der Waals surface area contributed by atoms with Crippen molar-refractivity contribution in [3.63, 3.8) is 0 Å². The molecule has 0 unspecified atom stereocenters. The molecule has 0 radical (unpaired) electrons. The molecule has 0 N–H and O–H groups in total. The molecule has 0 saturated carbocycles. The van der Waals surface area contributed by atoms with Crippen molar-refractivity contribution < 1.29 is 4.39 Å². The number of pyridine rings is 1. The van der Waals surface area contributed by atoms with Crippen LogP contribution in [-0.4, -0.2) is 45.6 Å². The predicted octanol–water partition coefficient (Wildman–Crippen LogP) is 2.73. The average molecular weight is 337 g/mol. The van der Waals surface area contributed by atoms with E-state index in [-0.39, 0.29) is 5.82 Å². The highest BCUT2D eigenvalue weighted by Crippen LogP contribution is 2.22. The number of benzene rings is 1. The van der Waals surface area contributed by atoms with Crippen LogP contribution in [0.1, 0.15) is 5.56 Å². The van der Waals surface area contributed by atoms with E-state index in [1.165, 1.54) is 11.6 Å². The van der Waals surface area contributed by atoms with Crippen molar-refractivity contribution in [2.45, 2.75) is 6.54 Å². The lowest BCUT2D eigenvalue weighted by Crippen LogP contribution is -2.46. The van der Waals surface area contributed by atoms with Crippen molar-refractivity contribution in [3.05, 3.63) is 72.6 Å². The Morgan fingerprint density at radius 3 is 2.44 bits per heavy atom. The van der Waals surface area contributed by atoms with Crippen LogP contribution in [0.4, 0.5) is 10.3 Å². The molecule has 1 fully saturated rings. The molecule has 0 amide bonds. The summed E-state index contributed by atoms with van der Waals surface area (Å²) in [6.45, 7) is 4.57. The Balaban J connectivity index is 1.45. The van der Waals surface area contributed by atoms with Gasteiger partial charge in [0.25, 0.3) is 0 Å². The van der Waals surface area contributed by atoms with Gasteiger partial charge >= 0.3 is 0 Å². The fourth-order valence-electron chi connectivity index (χ4n) is 3.22. The van der Waals surface area contributed by atoms with Gasteiger partial charge in [0.2, 0.25) is 5.95 Å². The van der Waals surface area contributed by atoms with Gasteiger partial charge in [0.1, 0.15) is 5.82 Å². The smallest absolute Gasteiger partial charge is 0.210 e. The maximum absolute atomic E-state index is 14.1. The minimum atomic E-state index is -0.238. The van der Waals surface area contributed by atoms with Crippen LogP contribution in [0, 0.1) is 5.82 Å². The molecule has 128 valence electrons. The zero-order valence-corrected chi connectivity index (χ0v) is 13.9. The Labute approximate surface area is 146 Å². The third kappa shape index (κ3) is 3.39. The molecule has 4 rings (SSSR count). The van der Waals surface area contributed by atoms with E-state index in [1.807, 2.05) is 29.2 Å². The number of piperazine rings is 1. The van der Waals surface area contributed by atoms with E-state index in [0.29, 0.717) is 5.69 Å². The van der Waals surface area contributed by atoms with E-state index in [9.17, 15) is 4.39 Å². The fourth-order valence-corrected chi connectivity index (χ4v) is 3.22. The molecule has 5 nitrogen and oxygen atoms in total. The summed E-state index contributed by atoms with van der Waals surface area (Å²) in [6.07, 6.45) is 7.20. The number of anilines is 1. The Hall–Kier alpha value is -2.73. The second-order valence-electron chi connectivity index (χ2n) is 6.17. The lowest BCUT2D eigenvalue weighted by molar-refractivity contribution is 0.248. The van der Waals surface area contributed by atoms with Gasteiger partial charge in [-0.2, -0.15) is 0 Å². The summed E-state index contributed by atoms with van der Waals surface area (Å²) in [5, 5.41) is 0. The average Bonchev–Trinajstić information content (AvgIpc) is 3.13. The normalized spacial score (nSPS) is 15.5. The van der Waals surface area contributed by atoms with E-state index in [2.05, 4.69) is 31.9 Å². The summed E-state index contributed by atoms with van der Waals surface area (Å²) in [5.74, 6) is 0.562. The van der Waals surface area contributed by atoms with Gasteiger partial charge in [-0.25, -0.2) is 9.37 Å². The second kappa shape index (κ2) is 7.03. The van der Waals surface area contributed by atoms with Gasteiger partial charge in [-0.05, 0) is 29.8 Å². The first-order chi connectivity index (χ1) is 12.3. The predicted molar refractivity (Wildman–Crippen MR) is 95.2 cm³/mol. The first-order valence-corrected chi connectivity index (χ1v) is 8.46. The quantitative estimate of drug-likeness (QED) is 0.734. The summed E-state index contributed by atoms with van der Waals surface area (Å²) in [6, 6.07) is 10.9. The van der Waals surface area contributed by atoms with Crippen LogP contribution in [0.5, 0.6) is 0 Å². The lowest BCUT2D eigenvalue weighted by Gasteiger charge is -2.35. The number of imidazole rings is 1. The monoisotopic (exact) mass is 337 g/mol. The molecule has 3 heterocycles. The van der Waals surface area contributed by atoms with Gasteiger partial charge in [-0.1, -0.05) is 12.1 Å². The van der Waals surface area contributed by atoms with Crippen LogP contribution in [-0.2, 0) is 6.54 Å². The Morgan fingerprint density at radius 1 is 0.920 bits per heavy atom. The zero-order chi connectivity index (χ0) is 17.1. The highest BCUT2D eigenvalue weighted by atomic mass is 19.1. The van der Waals surface area contributed by atoms with E-state index < -0.39 is 0 Å². The van der Waals surface area contributed by atoms with Crippen molar-refractivity contribution in [2.24, 2.45) is 0 Å². The number of para-hydroxylation sites is 1. The van der Waals surface area contributed by atoms with Crippen LogP contribution in [0.15, 0.2) is 61.2 Å². The molecule has 6 heteroatoms. The summed E-state index contributed by atoms with van der Waals surface area (Å²) in [4.78, 5) is 13.2. The van der Waals surface area contributed by atoms with E-state index in [1.54, 1.807) is 18.3 Å². The Kier molecular flexibility index (Phi) is 4.43. The molecular weight excluding hydrogens is 317 g/mol. The van der Waals surface area contributed by atoms with Gasteiger partial charge in [0.05, 0.1) is 5.69 Å². The summed E-state index contributed by atoms with van der Waals surface area (Å²) >= 11 is 0. The van der Waals surface area contributed by atoms with Crippen LogP contribution in [0.25, 0.3) is 5.69 Å². The van der Waals surface area contributed by atoms with Gasteiger partial charge in [0, 0.05) is 57.5 Å². The minimum Gasteiger partial charge on any atom is -0.339 e. The second-order valence-corrected chi connectivity index (χ2v) is 6.17. The van der Waals surface area contributed by atoms with Crippen LogP contribution in [0.2, 0.25) is 0 Å². The summed E-state index contributed by atoms with van der Waals surface area (Å²) in [7, 11) is 0. The van der Waals surface area contributed by atoms with E-state index >= 15 is 0 Å². The number of halogens is 1. The molecule has 2 aromatic heterocycles. The standard InChI is InChI=1S/C19H20FN5/c20-17-3-1-2-4-18(17)25-10-9-22-19(25)24-13-11-23(12-14-24)15-16-5-7-21-8-6-16/h1-10H,11-15H2. The van der Waals surface area contributed by atoms with Gasteiger partial charge in [-0.15, -0.1) is 0 Å². The molecule has 1 aliphatic heterocycles. The highest BCUT2D eigenvalue weighted by molar-refractivity contribution is 5.44. The van der Waals surface area contributed by atoms with Crippen LogP contribution < -0.4 is 4.90 Å². The number of nitrogens with zero attached hydrogens (tertiary/aromatic N) is 5. The van der Waals surface area contributed by atoms with Gasteiger partial charge in [-0.3, -0.25) is 14.5 Å². The van der Waals surface area contributed by atoms with Crippen LogP contribution >= 0.6 is 0 Å². The first kappa shape index (κ1) is 15.8. The maximum Gasteiger partial charge on any atom is 0.210 e. The van der Waals surface area contributed by atoms with Gasteiger partial charge in [0.15, 0.2) is 0 Å². The highest BCUT2D eigenvalue weighted by Gasteiger charge is 2.21. The molecule has 1 saturated heterocycles. The molecule has 0 atom stereocenters. The minimum absolute atomic E-state index is 0.238. The molecule has 1 aliphatic rings. The van der Waals surface area contributed by atoms with Crippen molar-refractivity contribution in [3.8, 4) is 5.69 Å². The van der Waals surface area contributed by atoms with Crippen LogP contribution in [0.3, 0.4) is 0 Å². The van der Waals surface area contributed by atoms with Crippen molar-refractivity contribution in [1.29, 1.82) is 0 Å². The molecule has 0 spiro atoms. The Morgan fingerprint density at radius 2 is 1.68 bits per heavy atom. The first-order valence-electron chi connectivity index (χ1n) is 8.46. The molecule has 3 aromatic rings. The molecule has 0 bridgehead atoms. The molecule has 1 aromatic carbocycles. The zero-order valence-electron chi connectivity index (χ0n) is 13.9. The topological polar surface area (TPSA) is 37.2 Å². The SMILES string of the molecule is Fc1ccccc1-n1ccnc1N1CCN(Cc2ccncc2)CC1. The fraction of sp³-hybridized carbons (Fsp3) is 0.263. The molecule has 0 aliphatic carbocycles. The summed E-state index contributed by atoms with van der Waals surface area (Å²) in [5.41, 5.74) is 1.81. The number of hydrogen-bond donors (Lipinski definition) is 0. The number of hydrogen-bond acceptors (Lipinski definition) is 4. The number of aromatic nitrogens is 3. The summed E-state index contributed by atoms with van der Waals surface area (Å²) < 4.78 is 16.0. The van der Waals surface area contributed by atoms with Gasteiger partial charge < -0.3 is 4.90 Å². The maximum atomic E-state index is 14.1.